The third-order valence-electron chi connectivity index (χ3n) is 1.64. The summed E-state index contributed by atoms with van der Waals surface area (Å²) in [5.41, 5.74) is 0.495. The van der Waals surface area contributed by atoms with Crippen LogP contribution in [0.5, 0.6) is 0 Å². The van der Waals surface area contributed by atoms with Gasteiger partial charge in [-0.25, -0.2) is 0 Å². The first kappa shape index (κ1) is 7.45. The zero-order valence-corrected chi connectivity index (χ0v) is 8.57. The highest BCUT2D eigenvalue weighted by Gasteiger charge is 1.95. The quantitative estimate of drug-likeness (QED) is 0.446. The van der Waals surface area contributed by atoms with Crippen molar-refractivity contribution in [2.45, 2.75) is 13.3 Å². The largest absolute Gasteiger partial charge is 0.356 e. The van der Waals surface area contributed by atoms with Crippen LogP contribution >= 0.6 is 0 Å². The lowest BCUT2D eigenvalue weighted by Gasteiger charge is -2.08. The fraction of sp³-hybridized carbons (Fsp3) is 0.273. The minimum absolute atomic E-state index is 0.0163. The van der Waals surface area contributed by atoms with Gasteiger partial charge in [0.05, 0.1) is 9.95 Å². The Morgan fingerprint density at radius 3 is 2.93 bits per heavy atom. The highest BCUT2D eigenvalue weighted by molar-refractivity contribution is 5.95. The van der Waals surface area contributed by atoms with E-state index < -0.39 is 0 Å². The Morgan fingerprint density at radius 2 is 2.20 bits per heavy atom. The van der Waals surface area contributed by atoms with Crippen LogP contribution in [0, 0.1) is 10.8 Å². The van der Waals surface area contributed by atoms with Crippen molar-refractivity contribution in [1.29, 1.82) is 10.8 Å². The van der Waals surface area contributed by atoms with Crippen molar-refractivity contribution in [2.24, 2.45) is 0 Å². The summed E-state index contributed by atoms with van der Waals surface area (Å²) in [6, 6.07) is 3.34. The fourth-order valence-corrected chi connectivity index (χ4v) is 1.03. The lowest BCUT2D eigenvalue weighted by Crippen LogP contribution is -2.39. The number of amidine groups is 1. The zero-order chi connectivity index (χ0) is 13.7. The van der Waals surface area contributed by atoms with Crippen molar-refractivity contribution in [3.8, 4) is 0 Å². The summed E-state index contributed by atoms with van der Waals surface area (Å²) in [5.74, 6) is 0.186. The first-order valence-electron chi connectivity index (χ1n) is 6.12. The second-order valence-electron chi connectivity index (χ2n) is 3.03. The second-order valence-corrected chi connectivity index (χ2v) is 3.03. The van der Waals surface area contributed by atoms with Crippen molar-refractivity contribution < 1.29 is 4.11 Å². The summed E-state index contributed by atoms with van der Waals surface area (Å²) in [6.45, 7) is 1.91. The maximum Gasteiger partial charge on any atom is 0.193 e. The van der Waals surface area contributed by atoms with Crippen LogP contribution in [0.15, 0.2) is 30.3 Å². The molecule has 0 aromatic heterocycles. The molecule has 0 radical (unpaired) electrons. The summed E-state index contributed by atoms with van der Waals surface area (Å²) in [5, 5.41) is 19.8. The molecule has 15 heavy (non-hydrogen) atoms. The molecular weight excluding hydrogens is 188 g/mol. The van der Waals surface area contributed by atoms with Crippen molar-refractivity contribution in [3.63, 3.8) is 0 Å². The van der Waals surface area contributed by atoms with Gasteiger partial charge in [0.1, 0.15) is 0 Å². The molecule has 0 fully saturated rings. The Bertz CT molecular complexity index is 474. The van der Waals surface area contributed by atoms with E-state index in [1.807, 2.05) is 0 Å². The molecule has 0 saturated heterocycles. The summed E-state index contributed by atoms with van der Waals surface area (Å²) in [4.78, 5) is 0. The lowest BCUT2D eigenvalue weighted by molar-refractivity contribution is 0.842. The molecule has 1 aromatic carbocycles. The smallest absolute Gasteiger partial charge is 0.193 e. The van der Waals surface area contributed by atoms with Gasteiger partial charge in [0.15, 0.2) is 5.96 Å². The molecule has 0 unspecified atom stereocenters. The van der Waals surface area contributed by atoms with Crippen LogP contribution < -0.4 is 10.6 Å². The average molecular weight is 207 g/mol. The van der Waals surface area contributed by atoms with Gasteiger partial charge in [0.25, 0.3) is 0 Å². The topological polar surface area (TPSA) is 71.8 Å². The van der Waals surface area contributed by atoms with Crippen molar-refractivity contribution in [1.82, 2.24) is 10.6 Å². The molecule has 4 heteroatoms. The molecule has 4 N–H and O–H groups in total. The van der Waals surface area contributed by atoms with Gasteiger partial charge in [-0.2, -0.15) is 0 Å². The first-order chi connectivity index (χ1) is 8.41. The fourth-order valence-electron chi connectivity index (χ4n) is 1.03. The molecule has 0 saturated carbocycles. The van der Waals surface area contributed by atoms with E-state index in [9.17, 15) is 0 Å². The molecule has 0 aliphatic carbocycles. The van der Waals surface area contributed by atoms with Crippen molar-refractivity contribution in [3.05, 3.63) is 35.8 Å². The Balaban J connectivity index is 2.57. The molecule has 0 atom stereocenters. The highest BCUT2D eigenvalue weighted by Crippen LogP contribution is 1.97. The maximum absolute atomic E-state index is 7.70. The maximum atomic E-state index is 7.70. The van der Waals surface area contributed by atoms with Gasteiger partial charge in [-0.15, -0.1) is 0 Å². The molecule has 0 amide bonds. The number of hydrogen-bond acceptors (Lipinski definition) is 2. The average Bonchev–Trinajstić information content (AvgIpc) is 2.27. The van der Waals surface area contributed by atoms with Gasteiger partial charge in [0.2, 0.25) is 0 Å². The van der Waals surface area contributed by atoms with Crippen LogP contribution in [0.1, 0.15) is 16.6 Å². The lowest BCUT2D eigenvalue weighted by atomic mass is 10.1. The zero-order valence-electron chi connectivity index (χ0n) is 11.6. The monoisotopic (exact) mass is 207 g/mol. The van der Waals surface area contributed by atoms with Crippen LogP contribution in [0.4, 0.5) is 0 Å². The molecule has 80 valence electrons. The van der Waals surface area contributed by atoms with Crippen LogP contribution in [-0.2, 0) is 6.42 Å². The predicted molar refractivity (Wildman–Crippen MR) is 62.4 cm³/mol. The van der Waals surface area contributed by atoms with E-state index in [1.54, 1.807) is 0 Å². The Morgan fingerprint density at radius 1 is 1.40 bits per heavy atom. The van der Waals surface area contributed by atoms with Crippen LogP contribution in [0.25, 0.3) is 0 Å². The number of hydrogen-bond donors (Lipinski definition) is 4. The third-order valence-corrected chi connectivity index (χ3v) is 1.64. The molecule has 0 spiro atoms. The molecule has 4 nitrogen and oxygen atoms in total. The Kier molecular flexibility index (Phi) is 2.88. The van der Waals surface area contributed by atoms with Crippen molar-refractivity contribution >= 4 is 11.8 Å². The predicted octanol–water partition coefficient (Wildman–Crippen LogP) is 1.34. The molecule has 0 aliphatic heterocycles. The van der Waals surface area contributed by atoms with E-state index in [4.69, 9.17) is 14.9 Å². The Hall–Kier alpha value is -1.84. The van der Waals surface area contributed by atoms with E-state index in [-0.39, 0.29) is 29.9 Å². The molecular formula is C11H16N4. The van der Waals surface area contributed by atoms with Crippen LogP contribution in [-0.4, -0.2) is 18.3 Å². The van der Waals surface area contributed by atoms with Gasteiger partial charge >= 0.3 is 0 Å². The molecule has 0 heterocycles. The summed E-state index contributed by atoms with van der Waals surface area (Å²) in [6.07, 6.45) is 0.394. The number of guanidine groups is 1. The van der Waals surface area contributed by atoms with E-state index in [0.29, 0.717) is 18.5 Å². The van der Waals surface area contributed by atoms with E-state index >= 15 is 0 Å². The summed E-state index contributed by atoms with van der Waals surface area (Å²) >= 11 is 0. The molecule has 0 bridgehead atoms. The van der Waals surface area contributed by atoms with E-state index in [2.05, 4.69) is 10.6 Å². The normalized spacial score (nSPS) is 12.2. The van der Waals surface area contributed by atoms with Gasteiger partial charge in [-0.1, -0.05) is 30.3 Å². The van der Waals surface area contributed by atoms with Gasteiger partial charge in [0, 0.05) is 6.54 Å². The molecule has 1 rings (SSSR count). The summed E-state index contributed by atoms with van der Waals surface area (Å²) in [7, 11) is 0. The first-order valence-corrected chi connectivity index (χ1v) is 4.62. The second kappa shape index (κ2) is 5.80. The minimum atomic E-state index is 0.0163. The minimum Gasteiger partial charge on any atom is -0.356 e. The van der Waals surface area contributed by atoms with Crippen LogP contribution in [0.2, 0.25) is 0 Å². The number of rotatable bonds is 3. The Labute approximate surface area is 93.9 Å². The van der Waals surface area contributed by atoms with Gasteiger partial charge < -0.3 is 10.6 Å². The van der Waals surface area contributed by atoms with E-state index in [0.717, 1.165) is 0 Å². The van der Waals surface area contributed by atoms with Gasteiger partial charge in [-0.3, -0.25) is 10.8 Å². The molecule has 1 aromatic rings. The molecule has 0 aliphatic rings. The number of benzene rings is 1. The third kappa shape index (κ3) is 4.81. The summed E-state index contributed by atoms with van der Waals surface area (Å²) < 4.78 is 22.9. The standard InChI is InChI=1S/C11H16N4/c1-9(12)15-11(13)14-8-7-10-5-3-2-4-6-10/h2-6H,7-8H2,1H3,(H4,12,13,14,15)/i3D,5D,6D. The van der Waals surface area contributed by atoms with Crippen LogP contribution in [0.3, 0.4) is 0 Å². The van der Waals surface area contributed by atoms with Crippen molar-refractivity contribution in [2.75, 3.05) is 6.54 Å². The van der Waals surface area contributed by atoms with Gasteiger partial charge in [-0.05, 0) is 18.9 Å². The number of nitrogens with one attached hydrogen (secondary N) is 4. The highest BCUT2D eigenvalue weighted by atomic mass is 15.1. The SMILES string of the molecule is [2H]c1ccc([2H])c(CCNC(=N)NC(C)=N)c1[2H]. The van der Waals surface area contributed by atoms with E-state index in [1.165, 1.54) is 19.1 Å².